The van der Waals surface area contributed by atoms with Crippen LogP contribution in [-0.4, -0.2) is 34.5 Å². The molecule has 0 aliphatic carbocycles. The first-order valence-electron chi connectivity index (χ1n) is 7.07. The molecule has 0 saturated heterocycles. The van der Waals surface area contributed by atoms with E-state index >= 15 is 0 Å². The molecule has 21 heavy (non-hydrogen) atoms. The fourth-order valence-corrected chi connectivity index (χ4v) is 2.65. The molecule has 2 heterocycles. The number of nitrogens with one attached hydrogen (secondary N) is 3. The van der Waals surface area contributed by atoms with Crippen molar-refractivity contribution in [1.29, 1.82) is 0 Å². The Hall–Kier alpha value is -1.89. The Balaban J connectivity index is 2.23. The van der Waals surface area contributed by atoms with E-state index in [1.165, 1.54) is 0 Å². The minimum absolute atomic E-state index is 0.0445. The highest BCUT2D eigenvalue weighted by Crippen LogP contribution is 2.26. The van der Waals surface area contributed by atoms with Crippen LogP contribution in [0, 0.1) is 0 Å². The van der Waals surface area contributed by atoms with Crippen LogP contribution in [0.15, 0.2) is 11.4 Å². The molecule has 0 fully saturated rings. The molecule has 6 nitrogen and oxygen atoms in total. The molecule has 2 aromatic heterocycles. The second-order valence-corrected chi connectivity index (χ2v) is 5.99. The van der Waals surface area contributed by atoms with E-state index in [1.807, 2.05) is 39.1 Å². The van der Waals surface area contributed by atoms with Gasteiger partial charge in [-0.3, -0.25) is 4.79 Å². The van der Waals surface area contributed by atoms with Gasteiger partial charge in [0, 0.05) is 12.6 Å². The van der Waals surface area contributed by atoms with Gasteiger partial charge in [-0.1, -0.05) is 0 Å². The third-order valence-electron chi connectivity index (χ3n) is 2.84. The maximum absolute atomic E-state index is 12.0. The summed E-state index contributed by atoms with van der Waals surface area (Å²) in [4.78, 5) is 21.8. The van der Waals surface area contributed by atoms with Crippen LogP contribution < -0.4 is 16.0 Å². The predicted octanol–water partition coefficient (Wildman–Crippen LogP) is 2.45. The molecule has 2 rings (SSSR count). The molecular formula is C14H21N5OS. The van der Waals surface area contributed by atoms with Crippen molar-refractivity contribution in [2.45, 2.75) is 39.8 Å². The normalized spacial score (nSPS) is 12.4. The smallest absolute Gasteiger partial charge is 0.242 e. The highest BCUT2D eigenvalue weighted by molar-refractivity contribution is 7.16. The van der Waals surface area contributed by atoms with Crippen molar-refractivity contribution >= 4 is 39.2 Å². The van der Waals surface area contributed by atoms with Crippen LogP contribution in [0.4, 0.5) is 11.8 Å². The minimum Gasteiger partial charge on any atom is -0.358 e. The zero-order chi connectivity index (χ0) is 15.4. The van der Waals surface area contributed by atoms with Crippen molar-refractivity contribution in [1.82, 2.24) is 15.3 Å². The summed E-state index contributed by atoms with van der Waals surface area (Å²) >= 11 is 1.56. The SMILES string of the molecule is CCNc1nc(NC(C)C(=O)NC(C)C)c2ccsc2n1. The highest BCUT2D eigenvalue weighted by Gasteiger charge is 2.16. The van der Waals surface area contributed by atoms with Crippen LogP contribution in [0.5, 0.6) is 0 Å². The third kappa shape index (κ3) is 3.81. The number of fused-ring (bicyclic) bond motifs is 1. The first-order valence-corrected chi connectivity index (χ1v) is 7.95. The lowest BCUT2D eigenvalue weighted by Crippen LogP contribution is -2.41. The van der Waals surface area contributed by atoms with Crippen molar-refractivity contribution in [2.24, 2.45) is 0 Å². The summed E-state index contributed by atoms with van der Waals surface area (Å²) < 4.78 is 0. The van der Waals surface area contributed by atoms with E-state index < -0.39 is 0 Å². The molecule has 0 aliphatic heterocycles. The third-order valence-corrected chi connectivity index (χ3v) is 3.64. The van der Waals surface area contributed by atoms with Gasteiger partial charge in [0.2, 0.25) is 11.9 Å². The molecule has 0 aromatic carbocycles. The summed E-state index contributed by atoms with van der Waals surface area (Å²) in [5.41, 5.74) is 0. The van der Waals surface area contributed by atoms with E-state index in [9.17, 15) is 4.79 Å². The van der Waals surface area contributed by atoms with Crippen molar-refractivity contribution in [3.8, 4) is 0 Å². The number of anilines is 2. The molecule has 0 bridgehead atoms. The molecule has 0 spiro atoms. The number of rotatable bonds is 6. The van der Waals surface area contributed by atoms with Crippen molar-refractivity contribution in [2.75, 3.05) is 17.2 Å². The fourth-order valence-electron chi connectivity index (χ4n) is 1.88. The Kier molecular flexibility index (Phi) is 4.95. The quantitative estimate of drug-likeness (QED) is 0.764. The maximum Gasteiger partial charge on any atom is 0.242 e. The second-order valence-electron chi connectivity index (χ2n) is 5.09. The summed E-state index contributed by atoms with van der Waals surface area (Å²) in [6, 6.07) is 1.72. The number of carbonyl (C=O) groups excluding carboxylic acids is 1. The maximum atomic E-state index is 12.0. The second kappa shape index (κ2) is 6.71. The first kappa shape index (κ1) is 15.5. The monoisotopic (exact) mass is 307 g/mol. The van der Waals surface area contributed by atoms with Crippen LogP contribution in [0.2, 0.25) is 0 Å². The standard InChI is InChI=1S/C14H21N5OS/c1-5-15-14-18-11(10-6-7-21-13(10)19-14)17-9(4)12(20)16-8(2)3/h6-9H,5H2,1-4H3,(H,16,20)(H2,15,17,18,19). The number of aromatic nitrogens is 2. The Bertz CT molecular complexity index is 625. The molecular weight excluding hydrogens is 286 g/mol. The average molecular weight is 307 g/mol. The number of hydrogen-bond acceptors (Lipinski definition) is 6. The molecule has 7 heteroatoms. The van der Waals surface area contributed by atoms with Crippen LogP contribution in [-0.2, 0) is 4.79 Å². The van der Waals surface area contributed by atoms with E-state index in [2.05, 4.69) is 25.9 Å². The summed E-state index contributed by atoms with van der Waals surface area (Å²) in [6.07, 6.45) is 0. The van der Waals surface area contributed by atoms with E-state index in [4.69, 9.17) is 0 Å². The van der Waals surface area contributed by atoms with E-state index in [0.29, 0.717) is 11.8 Å². The summed E-state index contributed by atoms with van der Waals surface area (Å²) in [6.45, 7) is 8.45. The zero-order valence-corrected chi connectivity index (χ0v) is 13.5. The lowest BCUT2D eigenvalue weighted by atomic mass is 10.2. The number of carbonyl (C=O) groups is 1. The molecule has 1 atom stereocenters. The Labute approximate surface area is 128 Å². The van der Waals surface area contributed by atoms with E-state index in [0.717, 1.165) is 16.8 Å². The van der Waals surface area contributed by atoms with Gasteiger partial charge in [-0.15, -0.1) is 11.3 Å². The van der Waals surface area contributed by atoms with Crippen LogP contribution in [0.1, 0.15) is 27.7 Å². The topological polar surface area (TPSA) is 78.9 Å². The van der Waals surface area contributed by atoms with Gasteiger partial charge in [0.1, 0.15) is 16.7 Å². The lowest BCUT2D eigenvalue weighted by Gasteiger charge is -2.17. The number of thiophene rings is 1. The molecule has 0 radical (unpaired) electrons. The summed E-state index contributed by atoms with van der Waals surface area (Å²) in [7, 11) is 0. The van der Waals surface area contributed by atoms with Gasteiger partial charge in [-0.2, -0.15) is 4.98 Å². The first-order chi connectivity index (χ1) is 10.0. The van der Waals surface area contributed by atoms with Gasteiger partial charge in [0.15, 0.2) is 0 Å². The Morgan fingerprint density at radius 3 is 2.76 bits per heavy atom. The Morgan fingerprint density at radius 1 is 1.33 bits per heavy atom. The number of nitrogens with zero attached hydrogens (tertiary/aromatic N) is 2. The van der Waals surface area contributed by atoms with Gasteiger partial charge in [-0.25, -0.2) is 4.98 Å². The lowest BCUT2D eigenvalue weighted by molar-refractivity contribution is -0.122. The fraction of sp³-hybridized carbons (Fsp3) is 0.500. The molecule has 114 valence electrons. The minimum atomic E-state index is -0.361. The Morgan fingerprint density at radius 2 is 2.10 bits per heavy atom. The molecule has 1 unspecified atom stereocenters. The van der Waals surface area contributed by atoms with E-state index in [1.54, 1.807) is 11.3 Å². The zero-order valence-electron chi connectivity index (χ0n) is 12.7. The summed E-state index contributed by atoms with van der Waals surface area (Å²) in [5.74, 6) is 1.21. The molecule has 3 N–H and O–H groups in total. The van der Waals surface area contributed by atoms with Gasteiger partial charge < -0.3 is 16.0 Å². The highest BCUT2D eigenvalue weighted by atomic mass is 32.1. The van der Waals surface area contributed by atoms with Gasteiger partial charge in [-0.05, 0) is 39.1 Å². The van der Waals surface area contributed by atoms with Gasteiger partial charge >= 0.3 is 0 Å². The van der Waals surface area contributed by atoms with E-state index in [-0.39, 0.29) is 18.0 Å². The largest absolute Gasteiger partial charge is 0.358 e. The molecule has 1 amide bonds. The molecule has 2 aromatic rings. The van der Waals surface area contributed by atoms with Crippen LogP contribution in [0.25, 0.3) is 10.2 Å². The van der Waals surface area contributed by atoms with Crippen molar-refractivity contribution in [3.63, 3.8) is 0 Å². The molecule has 0 aliphatic rings. The van der Waals surface area contributed by atoms with Gasteiger partial charge in [0.05, 0.1) is 5.39 Å². The van der Waals surface area contributed by atoms with Crippen molar-refractivity contribution in [3.05, 3.63) is 11.4 Å². The molecule has 0 saturated carbocycles. The van der Waals surface area contributed by atoms with Gasteiger partial charge in [0.25, 0.3) is 0 Å². The number of hydrogen-bond donors (Lipinski definition) is 3. The average Bonchev–Trinajstić information content (AvgIpc) is 2.86. The van der Waals surface area contributed by atoms with Crippen LogP contribution >= 0.6 is 11.3 Å². The summed E-state index contributed by atoms with van der Waals surface area (Å²) in [5, 5.41) is 12.1. The number of amides is 1. The van der Waals surface area contributed by atoms with Crippen molar-refractivity contribution < 1.29 is 4.79 Å². The van der Waals surface area contributed by atoms with Crippen LogP contribution in [0.3, 0.4) is 0 Å². The predicted molar refractivity (Wildman–Crippen MR) is 87.9 cm³/mol.